The number of piperidine rings is 1. The lowest BCUT2D eigenvalue weighted by molar-refractivity contribution is -0.117. The number of oxazole rings is 1. The number of benzene rings is 2. The molecule has 9 heteroatoms. The summed E-state index contributed by atoms with van der Waals surface area (Å²) in [5, 5.41) is 2.92. The van der Waals surface area contributed by atoms with Gasteiger partial charge in [0.05, 0.1) is 10.4 Å². The molecule has 4 rings (SSSR count). The van der Waals surface area contributed by atoms with E-state index in [0.717, 1.165) is 11.3 Å². The second-order valence-electron chi connectivity index (χ2n) is 8.21. The molecular weight excluding hydrogens is 430 g/mol. The van der Waals surface area contributed by atoms with Gasteiger partial charge in [-0.1, -0.05) is 12.1 Å². The Bertz CT molecular complexity index is 1300. The third-order valence-electron chi connectivity index (χ3n) is 5.94. The topological polar surface area (TPSA) is 102 Å². The minimum atomic E-state index is -3.71. The van der Waals surface area contributed by atoms with Gasteiger partial charge >= 0.3 is 5.76 Å². The molecule has 2 aromatic carbocycles. The standard InChI is InChI=1S/C23H27N3O5S/c1-3-26-20-8-7-19(15-21(20)31-23(26)28)32(29,30)25-11-9-17(10-12-25)14-22(27)24-18-6-4-5-16(2)13-18/h4-8,13,15,17H,3,9-12,14H2,1-2H3,(H,24,27). The van der Waals surface area contributed by atoms with Crippen molar-refractivity contribution in [2.45, 2.75) is 44.6 Å². The summed E-state index contributed by atoms with van der Waals surface area (Å²) in [7, 11) is -3.71. The highest BCUT2D eigenvalue weighted by atomic mass is 32.2. The third kappa shape index (κ3) is 4.49. The number of carbonyl (C=O) groups is 1. The maximum absolute atomic E-state index is 13.1. The summed E-state index contributed by atoms with van der Waals surface area (Å²) in [6.07, 6.45) is 1.59. The van der Waals surface area contributed by atoms with Crippen LogP contribution >= 0.6 is 0 Å². The molecular formula is C23H27N3O5S. The third-order valence-corrected chi connectivity index (χ3v) is 7.84. The van der Waals surface area contributed by atoms with E-state index in [2.05, 4.69) is 5.32 Å². The highest BCUT2D eigenvalue weighted by Gasteiger charge is 2.30. The van der Waals surface area contributed by atoms with Crippen LogP contribution in [-0.2, 0) is 21.4 Å². The fourth-order valence-electron chi connectivity index (χ4n) is 4.21. The van der Waals surface area contributed by atoms with Crippen molar-refractivity contribution in [3.05, 3.63) is 58.6 Å². The molecule has 0 atom stereocenters. The molecule has 170 valence electrons. The lowest BCUT2D eigenvalue weighted by Crippen LogP contribution is -2.39. The van der Waals surface area contributed by atoms with E-state index in [0.29, 0.717) is 44.4 Å². The van der Waals surface area contributed by atoms with Gasteiger partial charge in [0, 0.05) is 37.8 Å². The fraction of sp³-hybridized carbons (Fsp3) is 0.391. The Kier molecular flexibility index (Phi) is 6.21. The van der Waals surface area contributed by atoms with Crippen molar-refractivity contribution in [2.75, 3.05) is 18.4 Å². The molecule has 1 aliphatic rings. The van der Waals surface area contributed by atoms with E-state index >= 15 is 0 Å². The van der Waals surface area contributed by atoms with Crippen LogP contribution in [0.1, 0.15) is 31.7 Å². The highest BCUT2D eigenvalue weighted by Crippen LogP contribution is 2.27. The average Bonchev–Trinajstić information content (AvgIpc) is 3.08. The Labute approximate surface area is 186 Å². The Hall–Kier alpha value is -2.91. The maximum atomic E-state index is 13.1. The molecule has 1 aromatic heterocycles. The Morgan fingerprint density at radius 3 is 2.59 bits per heavy atom. The van der Waals surface area contributed by atoms with Crippen LogP contribution in [0.3, 0.4) is 0 Å². The van der Waals surface area contributed by atoms with E-state index in [4.69, 9.17) is 4.42 Å². The van der Waals surface area contributed by atoms with Crippen molar-refractivity contribution in [3.63, 3.8) is 0 Å². The second kappa shape index (κ2) is 8.91. The first-order valence-electron chi connectivity index (χ1n) is 10.8. The zero-order chi connectivity index (χ0) is 22.9. The second-order valence-corrected chi connectivity index (χ2v) is 10.1. The van der Waals surface area contributed by atoms with Crippen LogP contribution in [0.2, 0.25) is 0 Å². The van der Waals surface area contributed by atoms with Crippen LogP contribution in [0, 0.1) is 12.8 Å². The van der Waals surface area contributed by atoms with Crippen molar-refractivity contribution in [1.82, 2.24) is 8.87 Å². The number of nitrogens with zero attached hydrogens (tertiary/aromatic N) is 2. The number of fused-ring (bicyclic) bond motifs is 1. The summed E-state index contributed by atoms with van der Waals surface area (Å²) in [6.45, 7) is 4.94. The predicted octanol–water partition coefficient (Wildman–Crippen LogP) is 3.35. The van der Waals surface area contributed by atoms with Crippen LogP contribution in [-0.4, -0.2) is 36.3 Å². The Morgan fingerprint density at radius 2 is 1.91 bits per heavy atom. The monoisotopic (exact) mass is 457 g/mol. The van der Waals surface area contributed by atoms with Crippen molar-refractivity contribution < 1.29 is 17.6 Å². The number of aromatic nitrogens is 1. The van der Waals surface area contributed by atoms with Crippen molar-refractivity contribution >= 4 is 32.7 Å². The van der Waals surface area contributed by atoms with E-state index < -0.39 is 15.8 Å². The van der Waals surface area contributed by atoms with Gasteiger partial charge in [0.25, 0.3) is 0 Å². The van der Waals surface area contributed by atoms with E-state index in [1.165, 1.54) is 21.0 Å². The number of carbonyl (C=O) groups excluding carboxylic acids is 1. The molecule has 2 heterocycles. The minimum Gasteiger partial charge on any atom is -0.408 e. The molecule has 1 saturated heterocycles. The first-order valence-corrected chi connectivity index (χ1v) is 12.2. The van der Waals surface area contributed by atoms with Gasteiger partial charge in [-0.3, -0.25) is 9.36 Å². The van der Waals surface area contributed by atoms with Crippen LogP contribution in [0.4, 0.5) is 5.69 Å². The number of nitrogens with one attached hydrogen (secondary N) is 1. The number of anilines is 1. The number of sulfonamides is 1. The van der Waals surface area contributed by atoms with Gasteiger partial charge in [-0.05, 0) is 62.4 Å². The van der Waals surface area contributed by atoms with Crippen LogP contribution < -0.4 is 11.1 Å². The summed E-state index contributed by atoms with van der Waals surface area (Å²) >= 11 is 0. The number of hydrogen-bond acceptors (Lipinski definition) is 5. The molecule has 32 heavy (non-hydrogen) atoms. The summed E-state index contributed by atoms with van der Waals surface area (Å²) in [5.41, 5.74) is 2.69. The largest absolute Gasteiger partial charge is 0.419 e. The van der Waals surface area contributed by atoms with E-state index in [1.54, 1.807) is 6.07 Å². The fourth-order valence-corrected chi connectivity index (χ4v) is 5.69. The molecule has 1 aliphatic heterocycles. The van der Waals surface area contributed by atoms with Crippen molar-refractivity contribution in [1.29, 1.82) is 0 Å². The van der Waals surface area contributed by atoms with Gasteiger partial charge in [-0.25, -0.2) is 13.2 Å². The molecule has 8 nitrogen and oxygen atoms in total. The van der Waals surface area contributed by atoms with E-state index in [1.807, 2.05) is 38.1 Å². The smallest absolute Gasteiger partial charge is 0.408 e. The highest BCUT2D eigenvalue weighted by molar-refractivity contribution is 7.89. The minimum absolute atomic E-state index is 0.0576. The van der Waals surface area contributed by atoms with Gasteiger partial charge in [0.2, 0.25) is 15.9 Å². The predicted molar refractivity (Wildman–Crippen MR) is 122 cm³/mol. The number of aryl methyl sites for hydroxylation is 2. The van der Waals surface area contributed by atoms with Gasteiger partial charge < -0.3 is 9.73 Å². The van der Waals surface area contributed by atoms with Crippen molar-refractivity contribution in [2.24, 2.45) is 5.92 Å². The molecule has 0 bridgehead atoms. The molecule has 0 saturated carbocycles. The summed E-state index contributed by atoms with van der Waals surface area (Å²) < 4.78 is 34.3. The Morgan fingerprint density at radius 1 is 1.16 bits per heavy atom. The lowest BCUT2D eigenvalue weighted by atomic mass is 9.94. The average molecular weight is 458 g/mol. The quantitative estimate of drug-likeness (QED) is 0.612. The summed E-state index contributed by atoms with van der Waals surface area (Å²) in [4.78, 5) is 24.4. The normalized spacial score (nSPS) is 15.8. The molecule has 1 fully saturated rings. The van der Waals surface area contributed by atoms with Gasteiger partial charge in [-0.15, -0.1) is 0 Å². The van der Waals surface area contributed by atoms with Gasteiger partial charge in [-0.2, -0.15) is 4.31 Å². The Balaban J connectivity index is 1.39. The zero-order valence-corrected chi connectivity index (χ0v) is 19.0. The summed E-state index contributed by atoms with van der Waals surface area (Å²) in [6, 6.07) is 12.2. The molecule has 3 aromatic rings. The molecule has 1 N–H and O–H groups in total. The molecule has 0 spiro atoms. The number of amides is 1. The lowest BCUT2D eigenvalue weighted by Gasteiger charge is -2.31. The molecule has 0 unspecified atom stereocenters. The zero-order valence-electron chi connectivity index (χ0n) is 18.2. The van der Waals surface area contributed by atoms with Crippen LogP contribution in [0.5, 0.6) is 0 Å². The summed E-state index contributed by atoms with van der Waals surface area (Å²) in [5.74, 6) is -0.426. The maximum Gasteiger partial charge on any atom is 0.419 e. The van der Waals surface area contributed by atoms with Crippen LogP contribution in [0.25, 0.3) is 11.1 Å². The first-order chi connectivity index (χ1) is 15.3. The van der Waals surface area contributed by atoms with Crippen molar-refractivity contribution in [3.8, 4) is 0 Å². The van der Waals surface area contributed by atoms with Gasteiger partial charge in [0.1, 0.15) is 0 Å². The molecule has 1 amide bonds. The van der Waals surface area contributed by atoms with Gasteiger partial charge in [0.15, 0.2) is 5.58 Å². The first kappa shape index (κ1) is 22.3. The molecule has 0 radical (unpaired) electrons. The van der Waals surface area contributed by atoms with E-state index in [-0.39, 0.29) is 22.3 Å². The number of hydrogen-bond donors (Lipinski definition) is 1. The van der Waals surface area contributed by atoms with E-state index in [9.17, 15) is 18.0 Å². The SMILES string of the molecule is CCn1c(=O)oc2cc(S(=O)(=O)N3CCC(CC(=O)Nc4cccc(C)c4)CC3)ccc21. The van der Waals surface area contributed by atoms with Crippen LogP contribution in [0.15, 0.2) is 56.6 Å². The number of rotatable bonds is 6. The molecule has 0 aliphatic carbocycles.